The lowest BCUT2D eigenvalue weighted by Crippen LogP contribution is -2.36. The summed E-state index contributed by atoms with van der Waals surface area (Å²) in [6.45, 7) is 1.34. The first kappa shape index (κ1) is 14.3. The van der Waals surface area contributed by atoms with Gasteiger partial charge in [0.25, 0.3) is 0 Å². The second-order valence-electron chi connectivity index (χ2n) is 3.68. The van der Waals surface area contributed by atoms with Gasteiger partial charge in [0, 0.05) is 0 Å². The summed E-state index contributed by atoms with van der Waals surface area (Å²) < 4.78 is 36.6. The SMILES string of the molecule is Cl.O=S(=O)(c1ncc(F)cn1)C1CCNCC1. The fourth-order valence-corrected chi connectivity index (χ4v) is 3.26. The predicted molar refractivity (Wildman–Crippen MR) is 62.3 cm³/mol. The van der Waals surface area contributed by atoms with Gasteiger partial charge in [-0.1, -0.05) is 0 Å². The van der Waals surface area contributed by atoms with E-state index in [9.17, 15) is 12.8 Å². The van der Waals surface area contributed by atoms with Crippen LogP contribution in [0.3, 0.4) is 0 Å². The zero-order valence-corrected chi connectivity index (χ0v) is 10.6. The normalized spacial score (nSPS) is 17.5. The molecule has 0 aromatic carbocycles. The van der Waals surface area contributed by atoms with Crippen LogP contribution >= 0.6 is 12.4 Å². The molecule has 0 aliphatic carbocycles. The van der Waals surface area contributed by atoms with E-state index in [1.54, 1.807) is 0 Å². The minimum atomic E-state index is -3.51. The van der Waals surface area contributed by atoms with Gasteiger partial charge >= 0.3 is 0 Å². The van der Waals surface area contributed by atoms with Crippen LogP contribution in [0.1, 0.15) is 12.8 Å². The molecule has 0 atom stereocenters. The lowest BCUT2D eigenvalue weighted by molar-refractivity contribution is 0.491. The molecule has 5 nitrogen and oxygen atoms in total. The van der Waals surface area contributed by atoms with E-state index >= 15 is 0 Å². The maximum absolute atomic E-state index is 12.6. The third-order valence-corrected chi connectivity index (χ3v) is 4.64. The second-order valence-corrected chi connectivity index (χ2v) is 5.80. The van der Waals surface area contributed by atoms with Crippen molar-refractivity contribution in [1.29, 1.82) is 0 Å². The first-order valence-corrected chi connectivity index (χ1v) is 6.57. The van der Waals surface area contributed by atoms with E-state index in [-0.39, 0.29) is 17.6 Å². The Morgan fingerprint density at radius 2 is 1.76 bits per heavy atom. The fourth-order valence-electron chi connectivity index (χ4n) is 1.70. The first-order valence-electron chi connectivity index (χ1n) is 5.03. The fraction of sp³-hybridized carbons (Fsp3) is 0.556. The Balaban J connectivity index is 0.00000144. The Labute approximate surface area is 105 Å². The topological polar surface area (TPSA) is 72.0 Å². The van der Waals surface area contributed by atoms with Gasteiger partial charge in [-0.05, 0) is 25.9 Å². The molecule has 2 heterocycles. The molecule has 2 rings (SSSR count). The summed E-state index contributed by atoms with van der Waals surface area (Å²) in [5.41, 5.74) is 0. The Morgan fingerprint density at radius 1 is 1.24 bits per heavy atom. The Morgan fingerprint density at radius 3 is 2.29 bits per heavy atom. The molecule has 0 amide bonds. The van der Waals surface area contributed by atoms with Crippen molar-refractivity contribution in [2.45, 2.75) is 23.2 Å². The predicted octanol–water partition coefficient (Wildman–Crippen LogP) is 0.563. The molecule has 17 heavy (non-hydrogen) atoms. The van der Waals surface area contributed by atoms with E-state index in [2.05, 4.69) is 15.3 Å². The van der Waals surface area contributed by atoms with Gasteiger partial charge in [-0.2, -0.15) is 0 Å². The van der Waals surface area contributed by atoms with Gasteiger partial charge < -0.3 is 5.32 Å². The van der Waals surface area contributed by atoms with Crippen LogP contribution in [0.15, 0.2) is 17.6 Å². The molecule has 1 aliphatic rings. The highest BCUT2D eigenvalue weighted by Gasteiger charge is 2.31. The van der Waals surface area contributed by atoms with Crippen molar-refractivity contribution in [2.75, 3.05) is 13.1 Å². The average molecular weight is 282 g/mol. The van der Waals surface area contributed by atoms with Gasteiger partial charge in [0.1, 0.15) is 0 Å². The van der Waals surface area contributed by atoms with Crippen LogP contribution in [0.2, 0.25) is 0 Å². The highest BCUT2D eigenvalue weighted by molar-refractivity contribution is 7.91. The number of aromatic nitrogens is 2. The van der Waals surface area contributed by atoms with Crippen LogP contribution in [0.25, 0.3) is 0 Å². The number of rotatable bonds is 2. The molecule has 1 aliphatic heterocycles. The lowest BCUT2D eigenvalue weighted by Gasteiger charge is -2.21. The summed E-state index contributed by atoms with van der Waals surface area (Å²) in [5.74, 6) is -0.635. The monoisotopic (exact) mass is 281 g/mol. The summed E-state index contributed by atoms with van der Waals surface area (Å²) in [6.07, 6.45) is 2.84. The van der Waals surface area contributed by atoms with Gasteiger partial charge in [0.15, 0.2) is 5.82 Å². The van der Waals surface area contributed by atoms with Crippen molar-refractivity contribution < 1.29 is 12.8 Å². The van der Waals surface area contributed by atoms with Crippen LogP contribution in [0.5, 0.6) is 0 Å². The average Bonchev–Trinajstić information content (AvgIpc) is 2.31. The molecule has 0 bridgehead atoms. The standard InChI is InChI=1S/C9H12FN3O2S.ClH/c10-7-5-12-9(13-6-7)16(14,15)8-1-3-11-4-2-8;/h5-6,8,11H,1-4H2;1H. The van der Waals surface area contributed by atoms with Gasteiger partial charge in [-0.15, -0.1) is 12.4 Å². The van der Waals surface area contributed by atoms with Crippen molar-refractivity contribution in [3.05, 3.63) is 18.2 Å². The summed E-state index contributed by atoms with van der Waals surface area (Å²) in [6, 6.07) is 0. The number of hydrogen-bond acceptors (Lipinski definition) is 5. The number of piperidine rings is 1. The number of sulfone groups is 1. The van der Waals surface area contributed by atoms with Crippen LogP contribution in [0, 0.1) is 5.82 Å². The van der Waals surface area contributed by atoms with Crippen LogP contribution in [-0.2, 0) is 9.84 Å². The maximum Gasteiger partial charge on any atom is 0.247 e. The van der Waals surface area contributed by atoms with Crippen molar-refractivity contribution in [3.63, 3.8) is 0 Å². The molecule has 1 fully saturated rings. The molecular weight excluding hydrogens is 269 g/mol. The van der Waals surface area contributed by atoms with Gasteiger partial charge in [-0.25, -0.2) is 22.8 Å². The molecule has 0 spiro atoms. The van der Waals surface area contributed by atoms with Crippen molar-refractivity contribution in [2.24, 2.45) is 0 Å². The highest BCUT2D eigenvalue weighted by atomic mass is 35.5. The van der Waals surface area contributed by atoms with Crippen molar-refractivity contribution in [1.82, 2.24) is 15.3 Å². The van der Waals surface area contributed by atoms with E-state index in [0.29, 0.717) is 25.9 Å². The van der Waals surface area contributed by atoms with Crippen LogP contribution < -0.4 is 5.32 Å². The third kappa shape index (κ3) is 3.11. The molecule has 8 heteroatoms. The van der Waals surface area contributed by atoms with Crippen LogP contribution in [0.4, 0.5) is 4.39 Å². The summed E-state index contributed by atoms with van der Waals surface area (Å²) in [5, 5.41) is 2.35. The molecule has 1 saturated heterocycles. The Hall–Kier alpha value is -0.790. The Bertz CT molecular complexity index is 460. The quantitative estimate of drug-likeness (QED) is 0.802. The van der Waals surface area contributed by atoms with Crippen molar-refractivity contribution in [3.8, 4) is 0 Å². The van der Waals surface area contributed by atoms with E-state index in [4.69, 9.17) is 0 Å². The van der Waals surface area contributed by atoms with E-state index in [1.165, 1.54) is 0 Å². The number of nitrogens with one attached hydrogen (secondary N) is 1. The molecule has 0 saturated carbocycles. The van der Waals surface area contributed by atoms with E-state index < -0.39 is 20.9 Å². The lowest BCUT2D eigenvalue weighted by atomic mass is 10.2. The molecule has 1 aromatic heterocycles. The molecule has 0 unspecified atom stereocenters. The number of halogens is 2. The van der Waals surface area contributed by atoms with Gasteiger partial charge in [0.2, 0.25) is 15.0 Å². The van der Waals surface area contributed by atoms with Gasteiger partial charge in [-0.3, -0.25) is 0 Å². The third-order valence-electron chi connectivity index (χ3n) is 2.58. The summed E-state index contributed by atoms with van der Waals surface area (Å²) in [4.78, 5) is 7.06. The molecule has 96 valence electrons. The minimum Gasteiger partial charge on any atom is -0.317 e. The largest absolute Gasteiger partial charge is 0.317 e. The van der Waals surface area contributed by atoms with Crippen molar-refractivity contribution >= 4 is 22.2 Å². The first-order chi connectivity index (χ1) is 7.60. The molecule has 0 radical (unpaired) electrons. The molecule has 1 N–H and O–H groups in total. The van der Waals surface area contributed by atoms with Crippen LogP contribution in [-0.4, -0.2) is 36.7 Å². The smallest absolute Gasteiger partial charge is 0.247 e. The summed E-state index contributed by atoms with van der Waals surface area (Å²) in [7, 11) is -3.51. The summed E-state index contributed by atoms with van der Waals surface area (Å²) >= 11 is 0. The second kappa shape index (κ2) is 5.70. The highest BCUT2D eigenvalue weighted by Crippen LogP contribution is 2.18. The minimum absolute atomic E-state index is 0. The zero-order chi connectivity index (χ0) is 11.6. The number of hydrogen-bond donors (Lipinski definition) is 1. The van der Waals surface area contributed by atoms with E-state index in [0.717, 1.165) is 12.4 Å². The van der Waals surface area contributed by atoms with E-state index in [1.807, 2.05) is 0 Å². The molecule has 1 aromatic rings. The molecular formula is C9H13ClFN3O2S. The number of nitrogens with zero attached hydrogens (tertiary/aromatic N) is 2. The van der Waals surface area contributed by atoms with Gasteiger partial charge in [0.05, 0.1) is 17.6 Å². The Kier molecular flexibility index (Phi) is 4.79. The maximum atomic E-state index is 12.6. The zero-order valence-electron chi connectivity index (χ0n) is 8.97.